The summed E-state index contributed by atoms with van der Waals surface area (Å²) in [5, 5.41) is 13.4. The Kier molecular flexibility index (Phi) is 5.78. The van der Waals surface area contributed by atoms with Crippen LogP contribution in [0.4, 0.5) is 0 Å². The van der Waals surface area contributed by atoms with Gasteiger partial charge in [-0.1, -0.05) is 50.1 Å². The quantitative estimate of drug-likeness (QED) is 0.835. The predicted molar refractivity (Wildman–Crippen MR) is 86.9 cm³/mol. The first-order chi connectivity index (χ1) is 10.2. The van der Waals surface area contributed by atoms with E-state index < -0.39 is 5.54 Å². The Bertz CT molecular complexity index is 459. The van der Waals surface area contributed by atoms with Gasteiger partial charge in [-0.2, -0.15) is 5.26 Å². The van der Waals surface area contributed by atoms with Crippen molar-refractivity contribution in [3.8, 4) is 6.07 Å². The Labute approximate surface area is 129 Å². The number of nitrogens with zero attached hydrogens (tertiary/aromatic N) is 2. The monoisotopic (exact) mass is 285 g/mol. The van der Waals surface area contributed by atoms with Crippen molar-refractivity contribution in [1.29, 1.82) is 5.26 Å². The van der Waals surface area contributed by atoms with Gasteiger partial charge in [-0.05, 0) is 38.4 Å². The SMILES string of the molecule is CCCNC(C#N)(CN(C)C1CCCC1)c1ccccc1. The first-order valence-electron chi connectivity index (χ1n) is 8.14. The van der Waals surface area contributed by atoms with Crippen molar-refractivity contribution in [2.24, 2.45) is 0 Å². The van der Waals surface area contributed by atoms with Crippen LogP contribution in [0, 0.1) is 11.3 Å². The van der Waals surface area contributed by atoms with Gasteiger partial charge in [-0.3, -0.25) is 5.32 Å². The molecule has 1 aromatic rings. The van der Waals surface area contributed by atoms with Gasteiger partial charge in [0.25, 0.3) is 0 Å². The second kappa shape index (κ2) is 7.59. The van der Waals surface area contributed by atoms with Gasteiger partial charge in [0.15, 0.2) is 0 Å². The van der Waals surface area contributed by atoms with E-state index in [1.54, 1.807) is 0 Å². The second-order valence-electron chi connectivity index (χ2n) is 6.16. The number of nitriles is 1. The fourth-order valence-electron chi connectivity index (χ4n) is 3.30. The first kappa shape index (κ1) is 16.0. The molecule has 1 atom stereocenters. The van der Waals surface area contributed by atoms with Crippen LogP contribution in [0.3, 0.4) is 0 Å². The van der Waals surface area contributed by atoms with E-state index in [1.165, 1.54) is 25.7 Å². The molecule has 0 amide bonds. The van der Waals surface area contributed by atoms with Crippen LogP contribution in [0.15, 0.2) is 30.3 Å². The third kappa shape index (κ3) is 3.84. The van der Waals surface area contributed by atoms with Gasteiger partial charge in [-0.15, -0.1) is 0 Å². The Morgan fingerprint density at radius 3 is 2.52 bits per heavy atom. The van der Waals surface area contributed by atoms with Crippen molar-refractivity contribution in [2.45, 2.75) is 50.6 Å². The molecule has 114 valence electrons. The Hall–Kier alpha value is -1.37. The lowest BCUT2D eigenvalue weighted by Crippen LogP contribution is -2.51. The standard InChI is InChI=1S/C18H27N3/c1-3-13-20-18(14-19,16-9-5-4-6-10-16)15-21(2)17-11-7-8-12-17/h4-6,9-10,17,20H,3,7-8,11-13,15H2,1-2H3. The molecular formula is C18H27N3. The summed E-state index contributed by atoms with van der Waals surface area (Å²) in [6.45, 7) is 3.75. The van der Waals surface area contributed by atoms with Crippen LogP contribution in [0.25, 0.3) is 0 Å². The number of likely N-dealkylation sites (N-methyl/N-ethyl adjacent to an activating group) is 1. The molecule has 1 aliphatic carbocycles. The second-order valence-corrected chi connectivity index (χ2v) is 6.16. The Morgan fingerprint density at radius 1 is 1.29 bits per heavy atom. The highest BCUT2D eigenvalue weighted by atomic mass is 15.2. The molecule has 1 saturated carbocycles. The normalized spacial score (nSPS) is 18.6. The Balaban J connectivity index is 2.20. The lowest BCUT2D eigenvalue weighted by atomic mass is 9.90. The van der Waals surface area contributed by atoms with E-state index in [0.717, 1.165) is 25.1 Å². The maximum Gasteiger partial charge on any atom is 0.145 e. The minimum atomic E-state index is -0.603. The average molecular weight is 285 g/mol. The number of hydrogen-bond acceptors (Lipinski definition) is 3. The maximum atomic E-state index is 9.91. The van der Waals surface area contributed by atoms with Crippen molar-refractivity contribution in [3.63, 3.8) is 0 Å². The zero-order valence-electron chi connectivity index (χ0n) is 13.3. The molecule has 0 bridgehead atoms. The maximum absolute atomic E-state index is 9.91. The van der Waals surface area contributed by atoms with Crippen molar-refractivity contribution in [3.05, 3.63) is 35.9 Å². The van der Waals surface area contributed by atoms with E-state index in [4.69, 9.17) is 0 Å². The summed E-state index contributed by atoms with van der Waals surface area (Å²) in [5.41, 5.74) is 0.472. The van der Waals surface area contributed by atoms with Crippen LogP contribution < -0.4 is 5.32 Å². The number of benzene rings is 1. The molecule has 1 aromatic carbocycles. The molecule has 1 aliphatic rings. The largest absolute Gasteiger partial charge is 0.300 e. The van der Waals surface area contributed by atoms with E-state index in [-0.39, 0.29) is 0 Å². The summed E-state index contributed by atoms with van der Waals surface area (Å²) < 4.78 is 0. The van der Waals surface area contributed by atoms with Crippen LogP contribution in [-0.2, 0) is 5.54 Å². The molecule has 0 radical (unpaired) electrons. The highest BCUT2D eigenvalue weighted by molar-refractivity contribution is 5.32. The van der Waals surface area contributed by atoms with E-state index >= 15 is 0 Å². The van der Waals surface area contributed by atoms with Crippen molar-refractivity contribution in [1.82, 2.24) is 10.2 Å². The third-order valence-electron chi connectivity index (χ3n) is 4.57. The molecule has 1 unspecified atom stereocenters. The summed E-state index contributed by atoms with van der Waals surface area (Å²) in [6.07, 6.45) is 6.20. The van der Waals surface area contributed by atoms with Gasteiger partial charge in [0, 0.05) is 12.6 Å². The zero-order valence-corrected chi connectivity index (χ0v) is 13.3. The molecule has 1 N–H and O–H groups in total. The topological polar surface area (TPSA) is 39.1 Å². The van der Waals surface area contributed by atoms with E-state index in [9.17, 15) is 5.26 Å². The molecule has 3 nitrogen and oxygen atoms in total. The van der Waals surface area contributed by atoms with Crippen LogP contribution in [0.5, 0.6) is 0 Å². The highest BCUT2D eigenvalue weighted by Crippen LogP contribution is 2.27. The number of rotatable bonds is 7. The minimum Gasteiger partial charge on any atom is -0.300 e. The molecule has 0 aliphatic heterocycles. The van der Waals surface area contributed by atoms with Gasteiger partial charge in [0.2, 0.25) is 0 Å². The van der Waals surface area contributed by atoms with Gasteiger partial charge in [0.05, 0.1) is 6.07 Å². The smallest absolute Gasteiger partial charge is 0.145 e. The van der Waals surface area contributed by atoms with Crippen molar-refractivity contribution < 1.29 is 0 Å². The molecule has 21 heavy (non-hydrogen) atoms. The van der Waals surface area contributed by atoms with Crippen molar-refractivity contribution >= 4 is 0 Å². The van der Waals surface area contributed by atoms with E-state index in [1.807, 2.05) is 18.2 Å². The molecule has 0 saturated heterocycles. The fraction of sp³-hybridized carbons (Fsp3) is 0.611. The average Bonchev–Trinajstić information content (AvgIpc) is 3.07. The molecule has 0 heterocycles. The molecule has 2 rings (SSSR count). The summed E-state index contributed by atoms with van der Waals surface area (Å²) in [5.74, 6) is 0. The van der Waals surface area contributed by atoms with Crippen LogP contribution in [0.1, 0.15) is 44.6 Å². The highest BCUT2D eigenvalue weighted by Gasteiger charge is 2.35. The lowest BCUT2D eigenvalue weighted by molar-refractivity contribution is 0.192. The fourth-order valence-corrected chi connectivity index (χ4v) is 3.30. The van der Waals surface area contributed by atoms with Crippen molar-refractivity contribution in [2.75, 3.05) is 20.1 Å². The number of hydrogen-bond donors (Lipinski definition) is 1. The number of nitrogens with one attached hydrogen (secondary N) is 1. The van der Waals surface area contributed by atoms with Crippen LogP contribution in [-0.4, -0.2) is 31.1 Å². The third-order valence-corrected chi connectivity index (χ3v) is 4.57. The molecule has 0 spiro atoms. The van der Waals surface area contributed by atoms with Gasteiger partial charge in [0.1, 0.15) is 5.54 Å². The minimum absolute atomic E-state index is 0.603. The first-order valence-corrected chi connectivity index (χ1v) is 8.14. The molecule has 1 fully saturated rings. The molecule has 3 heteroatoms. The summed E-state index contributed by atoms with van der Waals surface area (Å²) in [4.78, 5) is 2.38. The molecular weight excluding hydrogens is 258 g/mol. The summed E-state index contributed by atoms with van der Waals surface area (Å²) in [6, 6.07) is 13.4. The molecule has 0 aromatic heterocycles. The summed E-state index contributed by atoms with van der Waals surface area (Å²) in [7, 11) is 2.17. The van der Waals surface area contributed by atoms with E-state index in [0.29, 0.717) is 6.04 Å². The summed E-state index contributed by atoms with van der Waals surface area (Å²) >= 11 is 0. The van der Waals surface area contributed by atoms with Gasteiger partial charge in [-0.25, -0.2) is 0 Å². The predicted octanol–water partition coefficient (Wildman–Crippen LogP) is 3.28. The lowest BCUT2D eigenvalue weighted by Gasteiger charge is -2.35. The van der Waals surface area contributed by atoms with Crippen LogP contribution in [0.2, 0.25) is 0 Å². The van der Waals surface area contributed by atoms with Gasteiger partial charge >= 0.3 is 0 Å². The Morgan fingerprint density at radius 2 is 1.95 bits per heavy atom. The van der Waals surface area contributed by atoms with E-state index in [2.05, 4.69) is 42.4 Å². The zero-order chi connectivity index (χ0) is 15.1. The van der Waals surface area contributed by atoms with Crippen LogP contribution >= 0.6 is 0 Å². The van der Waals surface area contributed by atoms with Gasteiger partial charge < -0.3 is 4.90 Å².